The van der Waals surface area contributed by atoms with Crippen LogP contribution in [0.25, 0.3) is 0 Å². The molecule has 1 heterocycles. The molecule has 1 aromatic heterocycles. The van der Waals surface area contributed by atoms with E-state index in [2.05, 4.69) is 25.8 Å². The molecule has 7 nitrogen and oxygen atoms in total. The van der Waals surface area contributed by atoms with Gasteiger partial charge in [0.2, 0.25) is 5.89 Å². The average Bonchev–Trinajstić information content (AvgIpc) is 3.09. The zero-order valence-electron chi connectivity index (χ0n) is 16.7. The molecule has 0 fully saturated rings. The highest BCUT2D eigenvalue weighted by molar-refractivity contribution is 14.0. The zero-order chi connectivity index (χ0) is 18.9. The maximum absolute atomic E-state index is 5.96. The number of hydrogen-bond donors (Lipinski definition) is 2. The van der Waals surface area contributed by atoms with Gasteiger partial charge in [-0.2, -0.15) is 4.98 Å². The van der Waals surface area contributed by atoms with E-state index in [-0.39, 0.29) is 36.0 Å². The first-order valence-electron chi connectivity index (χ1n) is 8.99. The fourth-order valence-corrected chi connectivity index (χ4v) is 2.30. The SMILES string of the molecule is CN=C(NCCc1nc(C(C)C)no1)NCC(C)Oc1ccccc1C.I. The minimum Gasteiger partial charge on any atom is -0.489 e. The second kappa shape index (κ2) is 11.8. The van der Waals surface area contributed by atoms with Crippen LogP contribution in [0.1, 0.15) is 44.0 Å². The molecular weight excluding hydrogens is 457 g/mol. The van der Waals surface area contributed by atoms with Crippen LogP contribution < -0.4 is 15.4 Å². The Kier molecular flexibility index (Phi) is 10.1. The van der Waals surface area contributed by atoms with E-state index in [4.69, 9.17) is 9.26 Å². The van der Waals surface area contributed by atoms with E-state index in [0.29, 0.717) is 31.4 Å². The highest BCUT2D eigenvalue weighted by Gasteiger charge is 2.10. The van der Waals surface area contributed by atoms with Crippen LogP contribution in [0.15, 0.2) is 33.8 Å². The van der Waals surface area contributed by atoms with Gasteiger partial charge in [-0.15, -0.1) is 24.0 Å². The molecule has 2 rings (SSSR count). The van der Waals surface area contributed by atoms with E-state index in [1.54, 1.807) is 7.05 Å². The first kappa shape index (κ1) is 23.2. The summed E-state index contributed by atoms with van der Waals surface area (Å²) in [5, 5.41) is 10.5. The van der Waals surface area contributed by atoms with Gasteiger partial charge in [0.1, 0.15) is 11.9 Å². The summed E-state index contributed by atoms with van der Waals surface area (Å²) in [6.07, 6.45) is 0.662. The molecule has 1 unspecified atom stereocenters. The summed E-state index contributed by atoms with van der Waals surface area (Å²) in [5.41, 5.74) is 1.13. The average molecular weight is 487 g/mol. The standard InChI is InChI=1S/C19H29N5O2.HI/c1-13(2)18-23-17(26-24-18)10-11-21-19(20-5)22-12-15(4)25-16-9-7-6-8-14(16)3;/h6-9,13,15H,10-12H2,1-5H3,(H2,20,21,22);1H. The number of nitrogens with one attached hydrogen (secondary N) is 2. The van der Waals surface area contributed by atoms with Gasteiger partial charge in [0.15, 0.2) is 11.8 Å². The quantitative estimate of drug-likeness (QED) is 0.338. The van der Waals surface area contributed by atoms with Crippen LogP contribution in [-0.4, -0.2) is 42.3 Å². The van der Waals surface area contributed by atoms with Gasteiger partial charge in [-0.3, -0.25) is 4.99 Å². The van der Waals surface area contributed by atoms with Crippen molar-refractivity contribution >= 4 is 29.9 Å². The van der Waals surface area contributed by atoms with Crippen molar-refractivity contribution in [2.75, 3.05) is 20.1 Å². The van der Waals surface area contributed by atoms with Gasteiger partial charge >= 0.3 is 0 Å². The number of benzene rings is 1. The van der Waals surface area contributed by atoms with Crippen molar-refractivity contribution < 1.29 is 9.26 Å². The van der Waals surface area contributed by atoms with Crippen LogP contribution in [0.5, 0.6) is 5.75 Å². The zero-order valence-corrected chi connectivity index (χ0v) is 19.0. The molecule has 0 spiro atoms. The topological polar surface area (TPSA) is 84.6 Å². The van der Waals surface area contributed by atoms with E-state index in [0.717, 1.165) is 17.1 Å². The largest absolute Gasteiger partial charge is 0.489 e. The summed E-state index contributed by atoms with van der Waals surface area (Å²) < 4.78 is 11.2. The molecule has 0 aliphatic heterocycles. The predicted molar refractivity (Wildman–Crippen MR) is 118 cm³/mol. The molecule has 1 aromatic carbocycles. The Labute approximate surface area is 178 Å². The number of guanidine groups is 1. The monoisotopic (exact) mass is 487 g/mol. The number of aromatic nitrogens is 2. The van der Waals surface area contributed by atoms with Gasteiger partial charge in [-0.1, -0.05) is 37.2 Å². The second-order valence-electron chi connectivity index (χ2n) is 6.52. The third-order valence-electron chi connectivity index (χ3n) is 3.83. The molecule has 0 radical (unpaired) electrons. The summed E-state index contributed by atoms with van der Waals surface area (Å²) in [5.74, 6) is 3.26. The molecule has 0 aliphatic rings. The van der Waals surface area contributed by atoms with E-state index >= 15 is 0 Å². The number of para-hydroxylation sites is 1. The summed E-state index contributed by atoms with van der Waals surface area (Å²) in [4.78, 5) is 8.59. The van der Waals surface area contributed by atoms with Gasteiger partial charge < -0.3 is 19.9 Å². The van der Waals surface area contributed by atoms with Gasteiger partial charge in [0.05, 0.1) is 6.54 Å². The molecule has 2 N–H and O–H groups in total. The number of aryl methyl sites for hydroxylation is 1. The van der Waals surface area contributed by atoms with Crippen molar-refractivity contribution in [3.63, 3.8) is 0 Å². The summed E-state index contributed by atoms with van der Waals surface area (Å²) in [7, 11) is 1.74. The third kappa shape index (κ3) is 7.74. The van der Waals surface area contributed by atoms with E-state index < -0.39 is 0 Å². The molecule has 27 heavy (non-hydrogen) atoms. The lowest BCUT2D eigenvalue weighted by molar-refractivity contribution is 0.222. The highest BCUT2D eigenvalue weighted by atomic mass is 127. The molecular formula is C19H30IN5O2. The molecule has 2 aromatic rings. The Morgan fingerprint density at radius 1 is 1.22 bits per heavy atom. The van der Waals surface area contributed by atoms with Crippen LogP contribution >= 0.6 is 24.0 Å². The number of ether oxygens (including phenoxy) is 1. The maximum Gasteiger partial charge on any atom is 0.228 e. The molecule has 0 saturated heterocycles. The first-order chi connectivity index (χ1) is 12.5. The van der Waals surface area contributed by atoms with Crippen molar-refractivity contribution in [1.82, 2.24) is 20.8 Å². The van der Waals surface area contributed by atoms with Crippen molar-refractivity contribution in [2.45, 2.75) is 46.1 Å². The summed E-state index contributed by atoms with van der Waals surface area (Å²) in [6, 6.07) is 8.00. The minimum atomic E-state index is 0. The van der Waals surface area contributed by atoms with Crippen molar-refractivity contribution in [3.8, 4) is 5.75 Å². The Morgan fingerprint density at radius 3 is 2.59 bits per heavy atom. The second-order valence-corrected chi connectivity index (χ2v) is 6.52. The highest BCUT2D eigenvalue weighted by Crippen LogP contribution is 2.17. The van der Waals surface area contributed by atoms with Crippen LogP contribution in [0.4, 0.5) is 0 Å². The van der Waals surface area contributed by atoms with Gasteiger partial charge in [0, 0.05) is 25.9 Å². The number of halogens is 1. The Bertz CT molecular complexity index is 718. The predicted octanol–water partition coefficient (Wildman–Crippen LogP) is 3.29. The van der Waals surface area contributed by atoms with Crippen LogP contribution in [0.3, 0.4) is 0 Å². The lowest BCUT2D eigenvalue weighted by Crippen LogP contribution is -2.42. The van der Waals surface area contributed by atoms with E-state index in [9.17, 15) is 0 Å². The fraction of sp³-hybridized carbons (Fsp3) is 0.526. The van der Waals surface area contributed by atoms with Gasteiger partial charge in [0.25, 0.3) is 0 Å². The molecule has 0 amide bonds. The fourth-order valence-electron chi connectivity index (χ4n) is 2.30. The Balaban J connectivity index is 0.00000364. The van der Waals surface area contributed by atoms with Crippen LogP contribution in [0, 0.1) is 6.92 Å². The molecule has 8 heteroatoms. The smallest absolute Gasteiger partial charge is 0.228 e. The number of rotatable bonds is 8. The van der Waals surface area contributed by atoms with E-state index in [1.165, 1.54) is 0 Å². The lowest BCUT2D eigenvalue weighted by Gasteiger charge is -2.18. The van der Waals surface area contributed by atoms with Crippen LogP contribution in [0.2, 0.25) is 0 Å². The normalized spacial score (nSPS) is 12.4. The third-order valence-corrected chi connectivity index (χ3v) is 3.83. The first-order valence-corrected chi connectivity index (χ1v) is 8.99. The molecule has 0 saturated carbocycles. The van der Waals surface area contributed by atoms with Crippen molar-refractivity contribution in [1.29, 1.82) is 0 Å². The Morgan fingerprint density at radius 2 is 1.96 bits per heavy atom. The van der Waals surface area contributed by atoms with E-state index in [1.807, 2.05) is 52.0 Å². The molecule has 0 aliphatic carbocycles. The lowest BCUT2D eigenvalue weighted by atomic mass is 10.2. The summed E-state index contributed by atoms with van der Waals surface area (Å²) in [6.45, 7) is 9.45. The van der Waals surface area contributed by atoms with Crippen LogP contribution in [-0.2, 0) is 6.42 Å². The van der Waals surface area contributed by atoms with Gasteiger partial charge in [-0.05, 0) is 25.5 Å². The molecule has 0 bridgehead atoms. The number of nitrogens with zero attached hydrogens (tertiary/aromatic N) is 3. The number of aliphatic imine (C=N–C) groups is 1. The Hall–Kier alpha value is -1.84. The molecule has 150 valence electrons. The van der Waals surface area contributed by atoms with Crippen molar-refractivity contribution in [2.24, 2.45) is 4.99 Å². The van der Waals surface area contributed by atoms with Gasteiger partial charge in [-0.25, -0.2) is 0 Å². The maximum atomic E-state index is 5.96. The summed E-state index contributed by atoms with van der Waals surface area (Å²) >= 11 is 0. The number of hydrogen-bond acceptors (Lipinski definition) is 5. The minimum absolute atomic E-state index is 0. The van der Waals surface area contributed by atoms with Crippen molar-refractivity contribution in [3.05, 3.63) is 41.5 Å². The molecule has 1 atom stereocenters.